The molecule has 74 valence electrons. The van der Waals surface area contributed by atoms with Crippen molar-refractivity contribution in [3.05, 3.63) is 59.8 Å². The second kappa shape index (κ2) is 2.60. The van der Waals surface area contributed by atoms with Gasteiger partial charge in [-0.15, -0.1) is 0 Å². The largest absolute Gasteiger partial charge is 0.302 e. The Kier molecular flexibility index (Phi) is 1.47. The van der Waals surface area contributed by atoms with Gasteiger partial charge in [-0.3, -0.25) is 4.79 Å². The molecule has 0 spiro atoms. The summed E-state index contributed by atoms with van der Waals surface area (Å²) in [6.07, 6.45) is 7.80. The Morgan fingerprint density at radius 1 is 1.20 bits per heavy atom. The van der Waals surface area contributed by atoms with Gasteiger partial charge < -0.3 is 4.90 Å². The molecule has 3 rings (SSSR count). The summed E-state index contributed by atoms with van der Waals surface area (Å²) in [6, 6.07) is 7.80. The average Bonchev–Trinajstić information content (AvgIpc) is 2.50. The van der Waals surface area contributed by atoms with Crippen LogP contribution in [-0.4, -0.2) is 10.8 Å². The van der Waals surface area contributed by atoms with Crippen molar-refractivity contribution in [1.82, 2.24) is 4.90 Å². The predicted octanol–water partition coefficient (Wildman–Crippen LogP) is 2.44. The Hall–Kier alpha value is -1.83. The number of carbonyl (C=O) groups is 1. The summed E-state index contributed by atoms with van der Waals surface area (Å²) in [5.41, 5.74) is 1.62. The van der Waals surface area contributed by atoms with Crippen LogP contribution in [0.1, 0.15) is 22.8 Å². The maximum atomic E-state index is 12.1. The van der Waals surface area contributed by atoms with Crippen LogP contribution in [0.4, 0.5) is 0 Å². The number of hydrogen-bond acceptors (Lipinski definition) is 1. The normalized spacial score (nSPS) is 26.7. The molecule has 0 fully saturated rings. The van der Waals surface area contributed by atoms with Gasteiger partial charge in [-0.1, -0.05) is 30.4 Å². The van der Waals surface area contributed by atoms with Gasteiger partial charge in [0.2, 0.25) is 0 Å². The van der Waals surface area contributed by atoms with E-state index in [1.165, 1.54) is 0 Å². The monoisotopic (exact) mass is 197 g/mol. The number of fused-ring (bicyclic) bond motifs is 3. The second-order valence-corrected chi connectivity index (χ2v) is 4.07. The van der Waals surface area contributed by atoms with Crippen LogP contribution in [0.15, 0.2) is 48.7 Å². The molecule has 2 nitrogen and oxygen atoms in total. The highest BCUT2D eigenvalue weighted by Gasteiger charge is 2.43. The summed E-state index contributed by atoms with van der Waals surface area (Å²) in [5, 5.41) is 0. The molecular weight excluding hydrogens is 186 g/mol. The molecule has 1 aromatic carbocycles. The highest BCUT2D eigenvalue weighted by atomic mass is 16.2. The Balaban J connectivity index is 2.30. The summed E-state index contributed by atoms with van der Waals surface area (Å²) in [6.45, 7) is 2.07. The molecule has 1 aromatic rings. The molecule has 0 saturated heterocycles. The van der Waals surface area contributed by atoms with Gasteiger partial charge in [-0.05, 0) is 24.6 Å². The lowest BCUT2D eigenvalue weighted by Crippen LogP contribution is -2.36. The Labute approximate surface area is 88.5 Å². The van der Waals surface area contributed by atoms with E-state index in [2.05, 4.69) is 13.0 Å². The number of hydrogen-bond donors (Lipinski definition) is 0. The summed E-state index contributed by atoms with van der Waals surface area (Å²) in [4.78, 5) is 13.9. The van der Waals surface area contributed by atoms with Crippen LogP contribution in [0.25, 0.3) is 0 Å². The molecule has 2 aliphatic heterocycles. The van der Waals surface area contributed by atoms with Crippen LogP contribution in [0, 0.1) is 0 Å². The zero-order valence-corrected chi connectivity index (χ0v) is 8.47. The number of nitrogens with zero attached hydrogens (tertiary/aromatic N) is 1. The lowest BCUT2D eigenvalue weighted by atomic mass is 9.90. The van der Waals surface area contributed by atoms with Crippen molar-refractivity contribution in [2.75, 3.05) is 0 Å². The molecule has 1 amide bonds. The highest BCUT2D eigenvalue weighted by Crippen LogP contribution is 2.41. The molecule has 0 radical (unpaired) electrons. The van der Waals surface area contributed by atoms with Gasteiger partial charge in [0, 0.05) is 11.8 Å². The van der Waals surface area contributed by atoms with Gasteiger partial charge in [0.15, 0.2) is 0 Å². The van der Waals surface area contributed by atoms with E-state index in [1.807, 2.05) is 42.6 Å². The average molecular weight is 197 g/mol. The lowest BCUT2D eigenvalue weighted by molar-refractivity contribution is 0.0763. The minimum Gasteiger partial charge on any atom is -0.302 e. The molecule has 0 saturated carbocycles. The van der Waals surface area contributed by atoms with Crippen LogP contribution in [0.3, 0.4) is 0 Å². The fourth-order valence-electron chi connectivity index (χ4n) is 2.35. The van der Waals surface area contributed by atoms with E-state index in [4.69, 9.17) is 0 Å². The van der Waals surface area contributed by atoms with E-state index in [0.29, 0.717) is 0 Å². The fraction of sp³-hybridized carbons (Fsp3) is 0.154. The summed E-state index contributed by atoms with van der Waals surface area (Å²) in [7, 11) is 0. The third kappa shape index (κ3) is 0.911. The van der Waals surface area contributed by atoms with Gasteiger partial charge in [-0.2, -0.15) is 0 Å². The third-order valence-electron chi connectivity index (χ3n) is 3.19. The van der Waals surface area contributed by atoms with Gasteiger partial charge in [0.1, 0.15) is 0 Å². The van der Waals surface area contributed by atoms with Crippen molar-refractivity contribution in [3.63, 3.8) is 0 Å². The second-order valence-electron chi connectivity index (χ2n) is 4.07. The lowest BCUT2D eigenvalue weighted by Gasteiger charge is -2.32. The summed E-state index contributed by atoms with van der Waals surface area (Å²) in [5.74, 6) is 0.0914. The molecule has 0 N–H and O–H groups in total. The maximum Gasteiger partial charge on any atom is 0.259 e. The number of carbonyl (C=O) groups excluding carboxylic acids is 1. The van der Waals surface area contributed by atoms with Crippen molar-refractivity contribution >= 4 is 5.91 Å². The van der Waals surface area contributed by atoms with Gasteiger partial charge >= 0.3 is 0 Å². The smallest absolute Gasteiger partial charge is 0.259 e. The standard InChI is InChI=1S/C13H11NO/c1-13-8-4-5-9-14(13)12(15)10-6-2-3-7-11(10)13/h2-9H,1H3. The third-order valence-corrected chi connectivity index (χ3v) is 3.19. The highest BCUT2D eigenvalue weighted by molar-refractivity contribution is 6.01. The van der Waals surface area contributed by atoms with Crippen LogP contribution >= 0.6 is 0 Å². The molecule has 2 aliphatic rings. The molecule has 1 unspecified atom stereocenters. The Bertz CT molecular complexity index is 501. The fourth-order valence-corrected chi connectivity index (χ4v) is 2.35. The summed E-state index contributed by atoms with van der Waals surface area (Å²) < 4.78 is 0. The van der Waals surface area contributed by atoms with Crippen molar-refractivity contribution in [2.45, 2.75) is 12.5 Å². The van der Waals surface area contributed by atoms with Crippen LogP contribution < -0.4 is 0 Å². The van der Waals surface area contributed by atoms with Crippen molar-refractivity contribution in [1.29, 1.82) is 0 Å². The first-order valence-electron chi connectivity index (χ1n) is 5.03. The molecule has 0 aromatic heterocycles. The first-order valence-corrected chi connectivity index (χ1v) is 5.03. The quantitative estimate of drug-likeness (QED) is 0.625. The number of allylic oxidation sites excluding steroid dienone is 2. The zero-order chi connectivity index (χ0) is 10.5. The first kappa shape index (κ1) is 8.48. The maximum absolute atomic E-state index is 12.1. The predicted molar refractivity (Wildman–Crippen MR) is 58.2 cm³/mol. The molecule has 2 heteroatoms. The van der Waals surface area contributed by atoms with E-state index in [0.717, 1.165) is 11.1 Å². The topological polar surface area (TPSA) is 20.3 Å². The zero-order valence-electron chi connectivity index (χ0n) is 8.47. The van der Waals surface area contributed by atoms with Crippen molar-refractivity contribution < 1.29 is 4.79 Å². The minimum atomic E-state index is -0.289. The van der Waals surface area contributed by atoms with Gasteiger partial charge in [-0.25, -0.2) is 0 Å². The SMILES string of the molecule is CC12C=CC=CN1C(=O)c1ccccc12. The van der Waals surface area contributed by atoms with E-state index in [9.17, 15) is 4.79 Å². The van der Waals surface area contributed by atoms with Crippen molar-refractivity contribution in [3.8, 4) is 0 Å². The summed E-state index contributed by atoms with van der Waals surface area (Å²) >= 11 is 0. The van der Waals surface area contributed by atoms with E-state index in [1.54, 1.807) is 4.90 Å². The molecule has 1 atom stereocenters. The molecule has 0 bridgehead atoms. The Morgan fingerprint density at radius 3 is 2.87 bits per heavy atom. The van der Waals surface area contributed by atoms with E-state index < -0.39 is 0 Å². The molecule has 0 aliphatic carbocycles. The van der Waals surface area contributed by atoms with Crippen molar-refractivity contribution in [2.24, 2.45) is 0 Å². The first-order chi connectivity index (χ1) is 7.23. The van der Waals surface area contributed by atoms with Gasteiger partial charge in [0.05, 0.1) is 5.54 Å². The van der Waals surface area contributed by atoms with E-state index in [-0.39, 0.29) is 11.4 Å². The van der Waals surface area contributed by atoms with Crippen LogP contribution in [-0.2, 0) is 5.54 Å². The molecular formula is C13H11NO. The Morgan fingerprint density at radius 2 is 2.00 bits per heavy atom. The van der Waals surface area contributed by atoms with Gasteiger partial charge in [0.25, 0.3) is 5.91 Å². The van der Waals surface area contributed by atoms with Crippen LogP contribution in [0.2, 0.25) is 0 Å². The van der Waals surface area contributed by atoms with Crippen LogP contribution in [0.5, 0.6) is 0 Å². The minimum absolute atomic E-state index is 0.0914. The number of benzene rings is 1. The van der Waals surface area contributed by atoms with E-state index >= 15 is 0 Å². The number of amides is 1. The molecule has 2 heterocycles. The number of rotatable bonds is 0. The molecule has 15 heavy (non-hydrogen) atoms.